The van der Waals surface area contributed by atoms with Gasteiger partial charge in [-0.2, -0.15) is 0 Å². The fourth-order valence-electron chi connectivity index (χ4n) is 1.30. The monoisotopic (exact) mass is 252 g/mol. The van der Waals surface area contributed by atoms with E-state index in [4.69, 9.17) is 0 Å². The van der Waals surface area contributed by atoms with Gasteiger partial charge >= 0.3 is 0 Å². The topological polar surface area (TPSA) is 46.0 Å². The van der Waals surface area contributed by atoms with E-state index in [1.807, 2.05) is 31.2 Å². The van der Waals surface area contributed by atoms with Gasteiger partial charge in [0.1, 0.15) is 5.51 Å². The summed E-state index contributed by atoms with van der Waals surface area (Å²) in [5, 5.41) is 17.4. The molecule has 3 nitrogen and oxygen atoms in total. The molecule has 0 radical (unpaired) electrons. The third kappa shape index (κ3) is 2.81. The molecular formula is C11H12N2OS2. The van der Waals surface area contributed by atoms with Crippen LogP contribution in [0.4, 0.5) is 0 Å². The maximum atomic E-state index is 9.65. The first-order valence-corrected chi connectivity index (χ1v) is 6.71. The van der Waals surface area contributed by atoms with Crippen molar-refractivity contribution in [2.75, 3.05) is 0 Å². The number of aliphatic hydroxyl groups is 1. The summed E-state index contributed by atoms with van der Waals surface area (Å²) in [5.74, 6) is 0. The van der Waals surface area contributed by atoms with Gasteiger partial charge in [-0.3, -0.25) is 0 Å². The van der Waals surface area contributed by atoms with Crippen molar-refractivity contribution in [1.29, 1.82) is 0 Å². The molecule has 0 amide bonds. The van der Waals surface area contributed by atoms with Crippen LogP contribution in [0, 0.1) is 0 Å². The Morgan fingerprint density at radius 2 is 2.12 bits per heavy atom. The first kappa shape index (κ1) is 11.6. The second-order valence-corrected chi connectivity index (χ2v) is 5.45. The van der Waals surface area contributed by atoms with Crippen LogP contribution >= 0.6 is 23.1 Å². The maximum Gasteiger partial charge on any atom is 0.178 e. The van der Waals surface area contributed by atoms with Crippen molar-refractivity contribution in [3.8, 4) is 0 Å². The molecule has 0 aliphatic carbocycles. The van der Waals surface area contributed by atoms with Gasteiger partial charge in [-0.1, -0.05) is 42.2 Å². The van der Waals surface area contributed by atoms with Crippen molar-refractivity contribution in [2.24, 2.45) is 0 Å². The zero-order valence-corrected chi connectivity index (χ0v) is 10.5. The average Bonchev–Trinajstić information content (AvgIpc) is 2.82. The van der Waals surface area contributed by atoms with Crippen LogP contribution in [0.1, 0.15) is 25.0 Å². The van der Waals surface area contributed by atoms with Gasteiger partial charge in [-0.25, -0.2) is 0 Å². The Bertz CT molecular complexity index is 428. The molecule has 0 unspecified atom stereocenters. The molecule has 1 atom stereocenters. The quantitative estimate of drug-likeness (QED) is 0.908. The molecule has 2 rings (SSSR count). The van der Waals surface area contributed by atoms with Gasteiger partial charge < -0.3 is 5.11 Å². The molecule has 1 N–H and O–H groups in total. The third-order valence-electron chi connectivity index (χ3n) is 2.20. The molecule has 2 aromatic rings. The molecule has 0 aliphatic heterocycles. The summed E-state index contributed by atoms with van der Waals surface area (Å²) in [5.41, 5.74) is 2.68. The number of aromatic nitrogens is 2. The first-order valence-electron chi connectivity index (χ1n) is 5.01. The molecule has 1 aromatic heterocycles. The lowest BCUT2D eigenvalue weighted by Gasteiger charge is -2.07. The van der Waals surface area contributed by atoms with Crippen molar-refractivity contribution in [3.05, 3.63) is 35.3 Å². The maximum absolute atomic E-state index is 9.65. The van der Waals surface area contributed by atoms with E-state index in [-0.39, 0.29) is 6.10 Å². The zero-order chi connectivity index (χ0) is 11.4. The Morgan fingerprint density at radius 3 is 2.69 bits per heavy atom. The minimum atomic E-state index is -0.361. The van der Waals surface area contributed by atoms with Crippen molar-refractivity contribution in [1.82, 2.24) is 10.2 Å². The van der Waals surface area contributed by atoms with Crippen molar-refractivity contribution in [3.63, 3.8) is 0 Å². The Balaban J connectivity index is 2.07. The van der Waals surface area contributed by atoms with E-state index in [2.05, 4.69) is 10.2 Å². The van der Waals surface area contributed by atoms with Crippen LogP contribution in [0.3, 0.4) is 0 Å². The van der Waals surface area contributed by atoms with Gasteiger partial charge in [0.15, 0.2) is 4.34 Å². The van der Waals surface area contributed by atoms with Crippen LogP contribution in [0.15, 0.2) is 39.0 Å². The summed E-state index contributed by atoms with van der Waals surface area (Å²) >= 11 is 3.11. The molecule has 0 saturated carbocycles. The van der Waals surface area contributed by atoms with Crippen LogP contribution in [0.5, 0.6) is 0 Å². The average molecular weight is 252 g/mol. The summed E-state index contributed by atoms with van der Waals surface area (Å²) in [7, 11) is 0. The molecule has 0 bridgehead atoms. The molecule has 1 heterocycles. The summed E-state index contributed by atoms with van der Waals surface area (Å²) in [6.45, 7) is 1.97. The highest BCUT2D eigenvalue weighted by molar-refractivity contribution is 8.01. The van der Waals surface area contributed by atoms with E-state index in [1.54, 1.807) is 17.3 Å². The molecule has 16 heavy (non-hydrogen) atoms. The van der Waals surface area contributed by atoms with Crippen LogP contribution in [-0.4, -0.2) is 15.3 Å². The molecule has 0 aliphatic rings. The highest BCUT2D eigenvalue weighted by atomic mass is 32.2. The van der Waals surface area contributed by atoms with E-state index < -0.39 is 0 Å². The van der Waals surface area contributed by atoms with Gasteiger partial charge in [-0.15, -0.1) is 10.2 Å². The van der Waals surface area contributed by atoms with Crippen molar-refractivity contribution < 1.29 is 5.11 Å². The Morgan fingerprint density at radius 1 is 1.38 bits per heavy atom. The lowest BCUT2D eigenvalue weighted by Crippen LogP contribution is -1.93. The van der Waals surface area contributed by atoms with Crippen LogP contribution in [-0.2, 0) is 0 Å². The van der Waals surface area contributed by atoms with E-state index in [0.717, 1.165) is 21.2 Å². The third-order valence-corrected chi connectivity index (χ3v) is 3.98. The molecule has 5 heteroatoms. The highest BCUT2D eigenvalue weighted by Crippen LogP contribution is 2.29. The minimum Gasteiger partial charge on any atom is -0.388 e. The fourth-order valence-corrected chi connectivity index (χ4v) is 2.75. The molecule has 84 valence electrons. The normalized spacial score (nSPS) is 12.6. The summed E-state index contributed by atoms with van der Waals surface area (Å²) in [6.07, 6.45) is 0.378. The Hall–Kier alpha value is -0.910. The van der Waals surface area contributed by atoms with E-state index in [0.29, 0.717) is 0 Å². The lowest BCUT2D eigenvalue weighted by atomic mass is 10.1. The molecule has 0 saturated heterocycles. The van der Waals surface area contributed by atoms with E-state index >= 15 is 0 Å². The van der Waals surface area contributed by atoms with Gasteiger partial charge in [-0.05, 0) is 24.1 Å². The number of aliphatic hydroxyl groups excluding tert-OH is 1. The summed E-state index contributed by atoms with van der Waals surface area (Å²) < 4.78 is 0.934. The zero-order valence-electron chi connectivity index (χ0n) is 8.83. The molecule has 1 aromatic carbocycles. The smallest absolute Gasteiger partial charge is 0.178 e. The van der Waals surface area contributed by atoms with Crippen LogP contribution in [0.2, 0.25) is 0 Å². The molecule has 0 fully saturated rings. The van der Waals surface area contributed by atoms with Gasteiger partial charge in [0, 0.05) is 4.90 Å². The Kier molecular flexibility index (Phi) is 3.93. The predicted molar refractivity (Wildman–Crippen MR) is 65.7 cm³/mol. The minimum absolute atomic E-state index is 0.361. The standard InChI is InChI=1S/C11H12N2OS2/c1-2-10(14)8-3-5-9(6-4-8)16-11-13-12-7-15-11/h3-7,10,14H,2H2,1H3/t10-/m0/s1. The van der Waals surface area contributed by atoms with Crippen LogP contribution in [0.25, 0.3) is 0 Å². The first-order chi connectivity index (χ1) is 7.79. The molecular weight excluding hydrogens is 240 g/mol. The number of nitrogens with zero attached hydrogens (tertiary/aromatic N) is 2. The summed E-state index contributed by atoms with van der Waals surface area (Å²) in [4.78, 5) is 1.11. The number of benzene rings is 1. The predicted octanol–water partition coefficient (Wildman–Crippen LogP) is 3.13. The number of hydrogen-bond donors (Lipinski definition) is 1. The summed E-state index contributed by atoms with van der Waals surface area (Å²) in [6, 6.07) is 7.91. The fraction of sp³-hybridized carbons (Fsp3) is 0.273. The van der Waals surface area contributed by atoms with E-state index in [9.17, 15) is 5.11 Å². The van der Waals surface area contributed by atoms with E-state index in [1.165, 1.54) is 11.3 Å². The van der Waals surface area contributed by atoms with Crippen molar-refractivity contribution in [2.45, 2.75) is 28.7 Å². The molecule has 0 spiro atoms. The SMILES string of the molecule is CC[C@H](O)c1ccc(Sc2nncs2)cc1. The highest BCUT2D eigenvalue weighted by Gasteiger charge is 2.05. The lowest BCUT2D eigenvalue weighted by molar-refractivity contribution is 0.173. The van der Waals surface area contributed by atoms with Gasteiger partial charge in [0.05, 0.1) is 6.10 Å². The number of hydrogen-bond acceptors (Lipinski definition) is 5. The largest absolute Gasteiger partial charge is 0.388 e. The number of rotatable bonds is 4. The van der Waals surface area contributed by atoms with Gasteiger partial charge in [0.2, 0.25) is 0 Å². The Labute approximate surface area is 103 Å². The van der Waals surface area contributed by atoms with Gasteiger partial charge in [0.25, 0.3) is 0 Å². The second kappa shape index (κ2) is 5.43. The van der Waals surface area contributed by atoms with Crippen LogP contribution < -0.4 is 0 Å². The van der Waals surface area contributed by atoms with Crippen molar-refractivity contribution >= 4 is 23.1 Å². The second-order valence-electron chi connectivity index (χ2n) is 3.30.